The SMILES string of the molecule is CCC(C)(NC(C)=O)c1ccc(NC(=O)c2ccc(OC)cc2)c([N+](=O)[O-])c1. The van der Waals surface area contributed by atoms with Crippen molar-refractivity contribution in [2.45, 2.75) is 32.7 Å². The second-order valence-corrected chi connectivity index (χ2v) is 6.54. The van der Waals surface area contributed by atoms with Gasteiger partial charge in [-0.15, -0.1) is 0 Å². The second kappa shape index (κ2) is 8.51. The number of hydrogen-bond acceptors (Lipinski definition) is 5. The lowest BCUT2D eigenvalue weighted by Crippen LogP contribution is -2.41. The van der Waals surface area contributed by atoms with Gasteiger partial charge in [0, 0.05) is 18.6 Å². The summed E-state index contributed by atoms with van der Waals surface area (Å²) >= 11 is 0. The van der Waals surface area contributed by atoms with Gasteiger partial charge in [-0.1, -0.05) is 13.0 Å². The zero-order valence-electron chi connectivity index (χ0n) is 16.2. The summed E-state index contributed by atoms with van der Waals surface area (Å²) < 4.78 is 5.05. The van der Waals surface area contributed by atoms with Gasteiger partial charge < -0.3 is 15.4 Å². The van der Waals surface area contributed by atoms with Crippen molar-refractivity contribution in [3.05, 3.63) is 63.7 Å². The minimum Gasteiger partial charge on any atom is -0.497 e. The van der Waals surface area contributed by atoms with Gasteiger partial charge in [-0.05, 0) is 49.2 Å². The highest BCUT2D eigenvalue weighted by Crippen LogP contribution is 2.32. The lowest BCUT2D eigenvalue weighted by Gasteiger charge is -2.29. The molecule has 0 aliphatic rings. The third-order valence-corrected chi connectivity index (χ3v) is 4.59. The van der Waals surface area contributed by atoms with Crippen LogP contribution in [0.1, 0.15) is 43.1 Å². The van der Waals surface area contributed by atoms with Gasteiger partial charge >= 0.3 is 0 Å². The molecule has 0 heterocycles. The molecule has 8 nitrogen and oxygen atoms in total. The Hall–Kier alpha value is -3.42. The number of methoxy groups -OCH3 is 1. The smallest absolute Gasteiger partial charge is 0.293 e. The van der Waals surface area contributed by atoms with Crippen LogP contribution in [0.3, 0.4) is 0 Å². The third-order valence-electron chi connectivity index (χ3n) is 4.59. The quantitative estimate of drug-likeness (QED) is 0.559. The number of ether oxygens (including phenoxy) is 1. The van der Waals surface area contributed by atoms with Crippen molar-refractivity contribution in [3.63, 3.8) is 0 Å². The molecule has 0 saturated carbocycles. The first-order valence-electron chi connectivity index (χ1n) is 8.73. The van der Waals surface area contributed by atoms with E-state index in [9.17, 15) is 19.7 Å². The number of nitrogens with one attached hydrogen (secondary N) is 2. The van der Waals surface area contributed by atoms with Gasteiger partial charge in [0.1, 0.15) is 11.4 Å². The van der Waals surface area contributed by atoms with Crippen LogP contribution in [-0.4, -0.2) is 23.8 Å². The Labute approximate surface area is 163 Å². The average Bonchev–Trinajstić information content (AvgIpc) is 2.67. The summed E-state index contributed by atoms with van der Waals surface area (Å²) in [5, 5.41) is 17.0. The fourth-order valence-corrected chi connectivity index (χ4v) is 2.82. The summed E-state index contributed by atoms with van der Waals surface area (Å²) in [6.07, 6.45) is 0.543. The van der Waals surface area contributed by atoms with Gasteiger partial charge in [-0.25, -0.2) is 0 Å². The summed E-state index contributed by atoms with van der Waals surface area (Å²) in [6, 6.07) is 10.9. The van der Waals surface area contributed by atoms with Crippen molar-refractivity contribution in [2.75, 3.05) is 12.4 Å². The van der Waals surface area contributed by atoms with E-state index in [0.29, 0.717) is 23.3 Å². The minimum absolute atomic E-state index is 0.0795. The molecule has 0 bridgehead atoms. The van der Waals surface area contributed by atoms with E-state index >= 15 is 0 Å². The van der Waals surface area contributed by atoms with E-state index in [1.807, 2.05) is 6.92 Å². The molecule has 0 aromatic heterocycles. The Morgan fingerprint density at radius 3 is 2.32 bits per heavy atom. The molecule has 1 unspecified atom stereocenters. The number of hydrogen-bond donors (Lipinski definition) is 2. The Bertz CT molecular complexity index is 895. The molecule has 0 aliphatic carbocycles. The number of nitro groups is 1. The number of benzene rings is 2. The number of amides is 2. The number of carbonyl (C=O) groups is 2. The average molecular weight is 385 g/mol. The number of nitrogens with zero attached hydrogens (tertiary/aromatic N) is 1. The van der Waals surface area contributed by atoms with Gasteiger partial charge in [-0.2, -0.15) is 0 Å². The van der Waals surface area contributed by atoms with E-state index < -0.39 is 16.4 Å². The van der Waals surface area contributed by atoms with Crippen LogP contribution in [0.2, 0.25) is 0 Å². The number of nitro benzene ring substituents is 1. The molecule has 2 rings (SSSR count). The van der Waals surface area contributed by atoms with E-state index in [1.54, 1.807) is 37.3 Å². The van der Waals surface area contributed by atoms with Crippen LogP contribution in [0, 0.1) is 10.1 Å². The van der Waals surface area contributed by atoms with Crippen molar-refractivity contribution in [1.82, 2.24) is 5.32 Å². The Kier molecular flexibility index (Phi) is 6.35. The van der Waals surface area contributed by atoms with Crippen molar-refractivity contribution in [3.8, 4) is 5.75 Å². The molecule has 2 aromatic rings. The van der Waals surface area contributed by atoms with Crippen LogP contribution < -0.4 is 15.4 Å². The predicted molar refractivity (Wildman–Crippen MR) is 106 cm³/mol. The summed E-state index contributed by atoms with van der Waals surface area (Å²) in [5.41, 5.74) is 0.00478. The highest BCUT2D eigenvalue weighted by molar-refractivity contribution is 6.05. The highest BCUT2D eigenvalue weighted by atomic mass is 16.6. The largest absolute Gasteiger partial charge is 0.497 e. The number of carbonyl (C=O) groups excluding carboxylic acids is 2. The van der Waals surface area contributed by atoms with Gasteiger partial charge in [-0.3, -0.25) is 19.7 Å². The zero-order chi connectivity index (χ0) is 20.9. The van der Waals surface area contributed by atoms with Gasteiger partial charge in [0.15, 0.2) is 0 Å². The Balaban J connectivity index is 2.35. The predicted octanol–water partition coefficient (Wildman–Crippen LogP) is 3.62. The molecule has 0 radical (unpaired) electrons. The fraction of sp³-hybridized carbons (Fsp3) is 0.300. The van der Waals surface area contributed by atoms with Crippen LogP contribution in [0.4, 0.5) is 11.4 Å². The van der Waals surface area contributed by atoms with E-state index in [1.165, 1.54) is 26.2 Å². The van der Waals surface area contributed by atoms with Crippen LogP contribution in [-0.2, 0) is 10.3 Å². The molecule has 8 heteroatoms. The first-order chi connectivity index (χ1) is 13.2. The summed E-state index contributed by atoms with van der Waals surface area (Å²) in [6.45, 7) is 5.07. The molecule has 2 N–H and O–H groups in total. The van der Waals surface area contributed by atoms with E-state index in [4.69, 9.17) is 4.74 Å². The lowest BCUT2D eigenvalue weighted by atomic mass is 9.88. The van der Waals surface area contributed by atoms with Gasteiger partial charge in [0.25, 0.3) is 11.6 Å². The van der Waals surface area contributed by atoms with Crippen LogP contribution >= 0.6 is 0 Å². The molecule has 2 aromatic carbocycles. The van der Waals surface area contributed by atoms with E-state index in [0.717, 1.165) is 0 Å². The van der Waals surface area contributed by atoms with Crippen LogP contribution in [0.15, 0.2) is 42.5 Å². The first-order valence-corrected chi connectivity index (χ1v) is 8.73. The topological polar surface area (TPSA) is 111 Å². The molecular weight excluding hydrogens is 362 g/mol. The first kappa shape index (κ1) is 20.9. The number of anilines is 1. The number of rotatable bonds is 7. The standard InChI is InChI=1S/C20H23N3O5/c1-5-20(3,22-13(2)24)15-8-11-17(18(12-15)23(26)27)21-19(25)14-6-9-16(28-4)10-7-14/h6-12H,5H2,1-4H3,(H,21,25)(H,22,24). The normalized spacial score (nSPS) is 12.6. The third kappa shape index (κ3) is 4.64. The molecular formula is C20H23N3O5. The molecule has 1 atom stereocenters. The summed E-state index contributed by atoms with van der Waals surface area (Å²) in [5.74, 6) is -0.105. The van der Waals surface area contributed by atoms with Gasteiger partial charge in [0.2, 0.25) is 5.91 Å². The highest BCUT2D eigenvalue weighted by Gasteiger charge is 2.28. The van der Waals surface area contributed by atoms with Crippen molar-refractivity contribution in [1.29, 1.82) is 0 Å². The Morgan fingerprint density at radius 1 is 1.18 bits per heavy atom. The fourth-order valence-electron chi connectivity index (χ4n) is 2.82. The molecule has 28 heavy (non-hydrogen) atoms. The van der Waals surface area contributed by atoms with E-state index in [2.05, 4.69) is 10.6 Å². The van der Waals surface area contributed by atoms with Crippen LogP contribution in [0.25, 0.3) is 0 Å². The molecule has 0 saturated heterocycles. The Morgan fingerprint density at radius 2 is 1.82 bits per heavy atom. The molecule has 0 fully saturated rings. The van der Waals surface area contributed by atoms with Gasteiger partial charge in [0.05, 0.1) is 17.6 Å². The second-order valence-electron chi connectivity index (χ2n) is 6.54. The molecule has 0 aliphatic heterocycles. The molecule has 2 amide bonds. The van der Waals surface area contributed by atoms with Crippen molar-refractivity contribution >= 4 is 23.2 Å². The molecule has 148 valence electrons. The minimum atomic E-state index is -0.755. The maximum absolute atomic E-state index is 12.4. The van der Waals surface area contributed by atoms with Crippen molar-refractivity contribution < 1.29 is 19.2 Å². The van der Waals surface area contributed by atoms with Crippen LogP contribution in [0.5, 0.6) is 5.75 Å². The maximum atomic E-state index is 12.4. The maximum Gasteiger partial charge on any atom is 0.293 e. The summed E-state index contributed by atoms with van der Waals surface area (Å²) in [7, 11) is 1.52. The molecule has 0 spiro atoms. The van der Waals surface area contributed by atoms with E-state index in [-0.39, 0.29) is 17.3 Å². The van der Waals surface area contributed by atoms with Crippen molar-refractivity contribution in [2.24, 2.45) is 0 Å². The monoisotopic (exact) mass is 385 g/mol. The summed E-state index contributed by atoms with van der Waals surface area (Å²) in [4.78, 5) is 35.0. The zero-order valence-corrected chi connectivity index (χ0v) is 16.2. The lowest BCUT2D eigenvalue weighted by molar-refractivity contribution is -0.384.